The zero-order chi connectivity index (χ0) is 10.7. The molecule has 0 unspecified atom stereocenters. The topological polar surface area (TPSA) is 69.8 Å². The molecule has 1 heterocycles. The predicted molar refractivity (Wildman–Crippen MR) is 59.4 cm³/mol. The van der Waals surface area contributed by atoms with Crippen LogP contribution in [0.3, 0.4) is 0 Å². The number of hydrogen-bond acceptors (Lipinski definition) is 4. The largest absolute Gasteiger partial charge is 0.381 e. The first-order valence-electron chi connectivity index (χ1n) is 4.98. The summed E-state index contributed by atoms with van der Waals surface area (Å²) < 4.78 is 0. The number of rotatable bonds is 5. The Labute approximate surface area is 92.2 Å². The molecule has 0 aromatic carbocycles. The van der Waals surface area contributed by atoms with Gasteiger partial charge in [0, 0.05) is 19.1 Å². The Hall–Kier alpha value is -1.07. The van der Waals surface area contributed by atoms with Gasteiger partial charge in [-0.05, 0) is 12.8 Å². The van der Waals surface area contributed by atoms with Crippen molar-refractivity contribution in [1.82, 2.24) is 15.5 Å². The lowest BCUT2D eigenvalue weighted by molar-refractivity contribution is 0.701. The Kier molecular flexibility index (Phi) is 3.23. The molecule has 82 valence electrons. The van der Waals surface area contributed by atoms with Gasteiger partial charge in [0.05, 0.1) is 11.9 Å². The van der Waals surface area contributed by atoms with E-state index in [9.17, 15) is 4.79 Å². The number of hydrogen-bond donors (Lipinski definition) is 3. The second-order valence-electron chi connectivity index (χ2n) is 3.58. The van der Waals surface area contributed by atoms with E-state index in [0.717, 1.165) is 13.1 Å². The maximum absolute atomic E-state index is 11.1. The van der Waals surface area contributed by atoms with E-state index in [4.69, 9.17) is 11.6 Å². The van der Waals surface area contributed by atoms with Gasteiger partial charge in [-0.15, -0.1) is 0 Å². The molecule has 0 amide bonds. The molecule has 1 aliphatic carbocycles. The van der Waals surface area contributed by atoms with Crippen molar-refractivity contribution in [3.05, 3.63) is 21.6 Å². The molecule has 5 nitrogen and oxygen atoms in total. The molecule has 6 heteroatoms. The number of nitrogens with one attached hydrogen (secondary N) is 3. The summed E-state index contributed by atoms with van der Waals surface area (Å²) >= 11 is 5.78. The van der Waals surface area contributed by atoms with Crippen LogP contribution in [0.4, 0.5) is 5.69 Å². The van der Waals surface area contributed by atoms with Gasteiger partial charge in [0.25, 0.3) is 5.56 Å². The van der Waals surface area contributed by atoms with Crippen molar-refractivity contribution in [3.63, 3.8) is 0 Å². The van der Waals surface area contributed by atoms with Gasteiger partial charge in [-0.2, -0.15) is 5.10 Å². The Morgan fingerprint density at radius 2 is 2.33 bits per heavy atom. The SMILES string of the molecule is O=c1[nH]ncc(NCCNC2CC2)c1Cl. The van der Waals surface area contributed by atoms with Crippen molar-refractivity contribution >= 4 is 17.3 Å². The van der Waals surface area contributed by atoms with E-state index >= 15 is 0 Å². The minimum absolute atomic E-state index is 0.163. The average molecular weight is 229 g/mol. The highest BCUT2D eigenvalue weighted by atomic mass is 35.5. The summed E-state index contributed by atoms with van der Waals surface area (Å²) in [6.45, 7) is 1.61. The fourth-order valence-electron chi connectivity index (χ4n) is 1.27. The van der Waals surface area contributed by atoms with Crippen LogP contribution in [0.5, 0.6) is 0 Å². The summed E-state index contributed by atoms with van der Waals surface area (Å²) in [5, 5.41) is 12.5. The van der Waals surface area contributed by atoms with Crippen LogP contribution in [0, 0.1) is 0 Å². The third-order valence-corrected chi connectivity index (χ3v) is 2.62. The van der Waals surface area contributed by atoms with Gasteiger partial charge >= 0.3 is 0 Å². The van der Waals surface area contributed by atoms with Crippen LogP contribution in [0.25, 0.3) is 0 Å². The molecule has 0 aliphatic heterocycles. The van der Waals surface area contributed by atoms with Crippen molar-refractivity contribution < 1.29 is 0 Å². The van der Waals surface area contributed by atoms with E-state index in [-0.39, 0.29) is 10.6 Å². The van der Waals surface area contributed by atoms with Gasteiger partial charge < -0.3 is 10.6 Å². The van der Waals surface area contributed by atoms with Crippen LogP contribution < -0.4 is 16.2 Å². The van der Waals surface area contributed by atoms with Crippen LogP contribution in [-0.2, 0) is 0 Å². The molecular formula is C9H13ClN4O. The van der Waals surface area contributed by atoms with E-state index in [1.54, 1.807) is 0 Å². The molecule has 15 heavy (non-hydrogen) atoms. The number of halogens is 1. The summed E-state index contributed by atoms with van der Waals surface area (Å²) in [5.74, 6) is 0. The molecule has 0 bridgehead atoms. The van der Waals surface area contributed by atoms with Crippen molar-refractivity contribution in [2.75, 3.05) is 18.4 Å². The molecule has 2 rings (SSSR count). The van der Waals surface area contributed by atoms with E-state index in [1.807, 2.05) is 0 Å². The Bertz CT molecular complexity index is 388. The minimum Gasteiger partial charge on any atom is -0.381 e. The first-order chi connectivity index (χ1) is 7.27. The Morgan fingerprint density at radius 3 is 3.07 bits per heavy atom. The summed E-state index contributed by atoms with van der Waals surface area (Å²) in [7, 11) is 0. The van der Waals surface area contributed by atoms with E-state index in [2.05, 4.69) is 20.8 Å². The van der Waals surface area contributed by atoms with Crippen molar-refractivity contribution in [2.24, 2.45) is 0 Å². The maximum atomic E-state index is 11.1. The number of H-pyrrole nitrogens is 1. The molecule has 1 saturated carbocycles. The highest BCUT2D eigenvalue weighted by molar-refractivity contribution is 6.32. The molecule has 0 saturated heterocycles. The Morgan fingerprint density at radius 1 is 1.53 bits per heavy atom. The molecule has 1 aliphatic rings. The third kappa shape index (κ3) is 2.94. The van der Waals surface area contributed by atoms with Crippen molar-refractivity contribution in [1.29, 1.82) is 0 Å². The zero-order valence-electron chi connectivity index (χ0n) is 8.22. The van der Waals surface area contributed by atoms with Gasteiger partial charge in [0.1, 0.15) is 5.02 Å². The van der Waals surface area contributed by atoms with Gasteiger partial charge in [-0.3, -0.25) is 4.79 Å². The first kappa shape index (κ1) is 10.4. The molecule has 0 radical (unpaired) electrons. The lowest BCUT2D eigenvalue weighted by Gasteiger charge is -2.07. The van der Waals surface area contributed by atoms with Crippen LogP contribution >= 0.6 is 11.6 Å². The fourth-order valence-corrected chi connectivity index (χ4v) is 1.43. The van der Waals surface area contributed by atoms with Crippen LogP contribution in [0.15, 0.2) is 11.0 Å². The second-order valence-corrected chi connectivity index (χ2v) is 3.96. The van der Waals surface area contributed by atoms with Crippen LogP contribution in [0.2, 0.25) is 5.02 Å². The molecule has 1 aromatic heterocycles. The fraction of sp³-hybridized carbons (Fsp3) is 0.556. The van der Waals surface area contributed by atoms with Crippen LogP contribution in [-0.4, -0.2) is 29.3 Å². The van der Waals surface area contributed by atoms with Gasteiger partial charge in [0.15, 0.2) is 0 Å². The molecule has 0 atom stereocenters. The summed E-state index contributed by atoms with van der Waals surface area (Å²) in [4.78, 5) is 11.1. The first-order valence-corrected chi connectivity index (χ1v) is 5.35. The smallest absolute Gasteiger partial charge is 0.285 e. The number of nitrogens with zero attached hydrogens (tertiary/aromatic N) is 1. The normalized spacial score (nSPS) is 15.3. The van der Waals surface area contributed by atoms with Gasteiger partial charge in [0.2, 0.25) is 0 Å². The zero-order valence-corrected chi connectivity index (χ0v) is 8.97. The number of aromatic amines is 1. The van der Waals surface area contributed by atoms with Gasteiger partial charge in [-0.1, -0.05) is 11.6 Å². The van der Waals surface area contributed by atoms with E-state index in [0.29, 0.717) is 11.7 Å². The lowest BCUT2D eigenvalue weighted by atomic mass is 10.4. The molecule has 1 aromatic rings. The third-order valence-electron chi connectivity index (χ3n) is 2.25. The highest BCUT2D eigenvalue weighted by Crippen LogP contribution is 2.18. The minimum atomic E-state index is -0.364. The average Bonchev–Trinajstić information content (AvgIpc) is 3.02. The molecule has 0 spiro atoms. The maximum Gasteiger partial charge on any atom is 0.285 e. The summed E-state index contributed by atoms with van der Waals surface area (Å²) in [6, 6.07) is 0.694. The summed E-state index contributed by atoms with van der Waals surface area (Å²) in [6.07, 6.45) is 4.06. The molecule has 1 fully saturated rings. The van der Waals surface area contributed by atoms with Crippen LogP contribution in [0.1, 0.15) is 12.8 Å². The highest BCUT2D eigenvalue weighted by Gasteiger charge is 2.19. The van der Waals surface area contributed by atoms with Crippen molar-refractivity contribution in [2.45, 2.75) is 18.9 Å². The van der Waals surface area contributed by atoms with E-state index in [1.165, 1.54) is 19.0 Å². The monoisotopic (exact) mass is 228 g/mol. The summed E-state index contributed by atoms with van der Waals surface area (Å²) in [5.41, 5.74) is 0.217. The molecule has 3 N–H and O–H groups in total. The number of anilines is 1. The number of aromatic nitrogens is 2. The predicted octanol–water partition coefficient (Wildman–Crippen LogP) is 0.587. The lowest BCUT2D eigenvalue weighted by Crippen LogP contribution is -2.24. The Balaban J connectivity index is 1.81. The van der Waals surface area contributed by atoms with E-state index < -0.39 is 0 Å². The standard InChI is InChI=1S/C9H13ClN4O/c10-8-7(5-13-14-9(8)15)12-4-3-11-6-1-2-6/h5-6,11H,1-4H2,(H2,12,14,15). The quantitative estimate of drug-likeness (QED) is 0.645. The van der Waals surface area contributed by atoms with Crippen molar-refractivity contribution in [3.8, 4) is 0 Å². The van der Waals surface area contributed by atoms with Gasteiger partial charge in [-0.25, -0.2) is 5.10 Å². The second kappa shape index (κ2) is 4.63. The molecular weight excluding hydrogens is 216 g/mol.